The van der Waals surface area contributed by atoms with E-state index in [1.54, 1.807) is 6.08 Å². The van der Waals surface area contributed by atoms with Gasteiger partial charge in [0.05, 0.1) is 16.8 Å². The van der Waals surface area contributed by atoms with Gasteiger partial charge in [-0.1, -0.05) is 31.6 Å². The van der Waals surface area contributed by atoms with Crippen molar-refractivity contribution in [3.05, 3.63) is 67.4 Å². The summed E-state index contributed by atoms with van der Waals surface area (Å²) in [7, 11) is 0. The van der Waals surface area contributed by atoms with Gasteiger partial charge >= 0.3 is 0 Å². The number of ether oxygens (including phenoxy) is 1. The zero-order valence-corrected chi connectivity index (χ0v) is 19.8. The molecule has 0 amide bonds. The summed E-state index contributed by atoms with van der Waals surface area (Å²) < 4.78 is 7.72. The lowest BCUT2D eigenvalue weighted by atomic mass is 10.0. The number of hydrogen-bond acceptors (Lipinski definition) is 6. The van der Waals surface area contributed by atoms with Crippen LogP contribution in [0, 0.1) is 0 Å². The number of pyridine rings is 1. The van der Waals surface area contributed by atoms with Crippen LogP contribution in [0.5, 0.6) is 5.75 Å². The molecule has 0 atom stereocenters. The molecule has 6 rings (SSSR count). The zero-order chi connectivity index (χ0) is 23.6. The maximum Gasteiger partial charge on any atom is 0.223 e. The summed E-state index contributed by atoms with van der Waals surface area (Å²) in [6.07, 6.45) is 10.9. The molecule has 178 valence electrons. The lowest BCUT2D eigenvalue weighted by Crippen LogP contribution is -2.16. The van der Waals surface area contributed by atoms with Crippen molar-refractivity contribution < 1.29 is 4.74 Å². The largest absolute Gasteiger partial charge is 0.490 e. The molecule has 4 aromatic rings. The van der Waals surface area contributed by atoms with Crippen LogP contribution in [0.2, 0.25) is 0 Å². The van der Waals surface area contributed by atoms with Crippen LogP contribution in [-0.4, -0.2) is 38.3 Å². The average molecular weight is 467 g/mol. The van der Waals surface area contributed by atoms with Crippen molar-refractivity contribution in [2.24, 2.45) is 0 Å². The molecule has 0 saturated heterocycles. The van der Waals surface area contributed by atoms with Crippen LogP contribution in [0.3, 0.4) is 0 Å². The molecule has 0 radical (unpaired) electrons. The summed E-state index contributed by atoms with van der Waals surface area (Å²) in [6, 6.07) is 17.3. The highest BCUT2D eigenvalue weighted by molar-refractivity contribution is 5.91. The fourth-order valence-electron chi connectivity index (χ4n) is 4.75. The highest BCUT2D eigenvalue weighted by Gasteiger charge is 2.24. The Morgan fingerprint density at radius 1 is 0.971 bits per heavy atom. The molecule has 2 aliphatic carbocycles. The number of nitrogens with one attached hydrogen (secondary N) is 2. The molecule has 2 aliphatic rings. The molecule has 3 heterocycles. The monoisotopic (exact) mass is 466 g/mol. The fourth-order valence-corrected chi connectivity index (χ4v) is 4.75. The third kappa shape index (κ3) is 4.58. The Hall–Kier alpha value is -3.87. The molecule has 7 nitrogen and oxygen atoms in total. The van der Waals surface area contributed by atoms with E-state index in [1.165, 1.54) is 38.5 Å². The van der Waals surface area contributed by atoms with Gasteiger partial charge in [0.1, 0.15) is 23.9 Å². The van der Waals surface area contributed by atoms with Gasteiger partial charge in [0.25, 0.3) is 0 Å². The van der Waals surface area contributed by atoms with Gasteiger partial charge in [-0.25, -0.2) is 14.5 Å². The molecule has 2 saturated carbocycles. The number of fused-ring (bicyclic) bond motifs is 1. The predicted octanol–water partition coefficient (Wildman–Crippen LogP) is 5.95. The number of benzene rings is 1. The van der Waals surface area contributed by atoms with Gasteiger partial charge in [-0.15, -0.1) is 0 Å². The summed E-state index contributed by atoms with van der Waals surface area (Å²) in [5.74, 6) is 2.49. The van der Waals surface area contributed by atoms with E-state index in [9.17, 15) is 0 Å². The highest BCUT2D eigenvalue weighted by Crippen LogP contribution is 2.37. The summed E-state index contributed by atoms with van der Waals surface area (Å²) >= 11 is 0. The first-order chi connectivity index (χ1) is 17.3. The minimum Gasteiger partial charge on any atom is -0.490 e. The predicted molar refractivity (Wildman–Crippen MR) is 140 cm³/mol. The van der Waals surface area contributed by atoms with Crippen LogP contribution >= 0.6 is 0 Å². The van der Waals surface area contributed by atoms with E-state index in [2.05, 4.69) is 52.5 Å². The third-order valence-corrected chi connectivity index (χ3v) is 6.68. The average Bonchev–Trinajstić information content (AvgIpc) is 3.38. The summed E-state index contributed by atoms with van der Waals surface area (Å²) in [5.41, 5.74) is 4.78. The van der Waals surface area contributed by atoms with Gasteiger partial charge in [-0.05, 0) is 68.1 Å². The Bertz CT molecular complexity index is 1340. The number of anilines is 2. The molecule has 7 heteroatoms. The minimum atomic E-state index is 0.479. The van der Waals surface area contributed by atoms with Crippen molar-refractivity contribution in [1.82, 2.24) is 19.6 Å². The highest BCUT2D eigenvalue weighted by atomic mass is 16.5. The third-order valence-electron chi connectivity index (χ3n) is 6.68. The van der Waals surface area contributed by atoms with Crippen molar-refractivity contribution in [2.45, 2.75) is 50.6 Å². The minimum absolute atomic E-state index is 0.479. The van der Waals surface area contributed by atoms with Gasteiger partial charge in [-0.3, -0.25) is 0 Å². The summed E-state index contributed by atoms with van der Waals surface area (Å²) in [5, 5.41) is 12.3. The normalized spacial score (nSPS) is 15.9. The van der Waals surface area contributed by atoms with Crippen LogP contribution in [0.1, 0.15) is 38.5 Å². The molecular formula is C28H30N6O. The Morgan fingerprint density at radius 3 is 2.54 bits per heavy atom. The van der Waals surface area contributed by atoms with Crippen molar-refractivity contribution in [3.8, 4) is 28.3 Å². The van der Waals surface area contributed by atoms with E-state index in [4.69, 9.17) is 14.8 Å². The Labute approximate surface area is 205 Å². The quantitative estimate of drug-likeness (QED) is 0.297. The van der Waals surface area contributed by atoms with Crippen LogP contribution < -0.4 is 15.4 Å². The second-order valence-corrected chi connectivity index (χ2v) is 9.37. The maximum atomic E-state index is 5.69. The number of nitrogens with zero attached hydrogens (tertiary/aromatic N) is 4. The molecule has 0 unspecified atom stereocenters. The molecule has 0 bridgehead atoms. The van der Waals surface area contributed by atoms with Crippen LogP contribution in [-0.2, 0) is 0 Å². The summed E-state index contributed by atoms with van der Waals surface area (Å²) in [4.78, 5) is 9.34. The van der Waals surface area contributed by atoms with E-state index in [-0.39, 0.29) is 0 Å². The first kappa shape index (κ1) is 21.6. The molecule has 3 aromatic heterocycles. The van der Waals surface area contributed by atoms with Gasteiger partial charge < -0.3 is 15.4 Å². The standard InChI is InChI=1S/C28H30N6O/c1-2-18-35-22-14-10-19(11-15-22)27-26(23-16-17-29-28(32-23)31-21-12-13-21)24-8-5-9-25(34(24)33-27)30-20-6-3-4-7-20/h2,5,8-11,14-17,20-21,30H,1,3-4,6-7,12-13,18H2,(H,29,31,32). The van der Waals surface area contributed by atoms with Crippen molar-refractivity contribution in [1.29, 1.82) is 0 Å². The lowest BCUT2D eigenvalue weighted by molar-refractivity contribution is 0.363. The molecule has 0 spiro atoms. The number of aromatic nitrogens is 4. The molecule has 35 heavy (non-hydrogen) atoms. The Morgan fingerprint density at radius 2 is 1.77 bits per heavy atom. The molecule has 2 fully saturated rings. The topological polar surface area (TPSA) is 76.4 Å². The van der Waals surface area contributed by atoms with Crippen LogP contribution in [0.15, 0.2) is 67.4 Å². The smallest absolute Gasteiger partial charge is 0.223 e. The first-order valence-corrected chi connectivity index (χ1v) is 12.5. The summed E-state index contributed by atoms with van der Waals surface area (Å²) in [6.45, 7) is 4.20. The Kier molecular flexibility index (Phi) is 5.82. The van der Waals surface area contributed by atoms with E-state index in [1.807, 2.05) is 28.9 Å². The van der Waals surface area contributed by atoms with E-state index < -0.39 is 0 Å². The lowest BCUT2D eigenvalue weighted by Gasteiger charge is -2.14. The fraction of sp³-hybridized carbons (Fsp3) is 0.321. The van der Waals surface area contributed by atoms with Gasteiger partial charge in [0.15, 0.2) is 0 Å². The van der Waals surface area contributed by atoms with Crippen molar-refractivity contribution in [2.75, 3.05) is 17.2 Å². The van der Waals surface area contributed by atoms with Gasteiger partial charge in [0.2, 0.25) is 5.95 Å². The van der Waals surface area contributed by atoms with Crippen LogP contribution in [0.4, 0.5) is 11.8 Å². The molecular weight excluding hydrogens is 436 g/mol. The van der Waals surface area contributed by atoms with Crippen LogP contribution in [0.25, 0.3) is 28.0 Å². The Balaban J connectivity index is 1.46. The number of hydrogen-bond donors (Lipinski definition) is 2. The van der Waals surface area contributed by atoms with Crippen molar-refractivity contribution >= 4 is 17.3 Å². The van der Waals surface area contributed by atoms with Gasteiger partial charge in [-0.2, -0.15) is 5.10 Å². The molecule has 1 aromatic carbocycles. The zero-order valence-electron chi connectivity index (χ0n) is 19.8. The second-order valence-electron chi connectivity index (χ2n) is 9.37. The number of rotatable bonds is 9. The SMILES string of the molecule is C=CCOc1ccc(-c2nn3c(NC4CCCC4)cccc3c2-c2ccnc(NC3CC3)n2)cc1. The second kappa shape index (κ2) is 9.41. The van der Waals surface area contributed by atoms with Crippen molar-refractivity contribution in [3.63, 3.8) is 0 Å². The maximum absolute atomic E-state index is 5.69. The molecule has 0 aliphatic heterocycles. The van der Waals surface area contributed by atoms with Gasteiger partial charge in [0, 0.05) is 23.8 Å². The van der Waals surface area contributed by atoms with E-state index in [0.29, 0.717) is 24.6 Å². The van der Waals surface area contributed by atoms with E-state index >= 15 is 0 Å². The molecule has 2 N–H and O–H groups in total. The van der Waals surface area contributed by atoms with E-state index in [0.717, 1.165) is 39.6 Å². The first-order valence-electron chi connectivity index (χ1n) is 12.5.